The van der Waals surface area contributed by atoms with Crippen LogP contribution in [-0.2, 0) is 4.79 Å². The normalized spacial score (nSPS) is 36.3. The van der Waals surface area contributed by atoms with Gasteiger partial charge in [-0.2, -0.15) is 11.8 Å². The largest absolute Gasteiger partial charge is 0.481 e. The molecule has 0 radical (unpaired) electrons. The van der Waals surface area contributed by atoms with E-state index in [4.69, 9.17) is 10.8 Å². The fourth-order valence-corrected chi connectivity index (χ4v) is 2.91. The molecule has 4 heteroatoms. The van der Waals surface area contributed by atoms with E-state index in [9.17, 15) is 4.79 Å². The molecule has 1 rings (SSSR count). The maximum atomic E-state index is 11.0. The highest BCUT2D eigenvalue weighted by Crippen LogP contribution is 2.37. The highest BCUT2D eigenvalue weighted by Gasteiger charge is 2.44. The molecule has 0 aromatic heterocycles. The molecule has 1 saturated heterocycles. The minimum atomic E-state index is -0.724. The lowest BCUT2D eigenvalue weighted by Gasteiger charge is -2.37. The van der Waals surface area contributed by atoms with Crippen molar-refractivity contribution in [2.75, 3.05) is 11.5 Å². The molecule has 0 aromatic rings. The van der Waals surface area contributed by atoms with Crippen molar-refractivity contribution in [3.63, 3.8) is 0 Å². The van der Waals surface area contributed by atoms with E-state index in [-0.39, 0.29) is 6.04 Å². The van der Waals surface area contributed by atoms with Crippen LogP contribution in [0.15, 0.2) is 0 Å². The van der Waals surface area contributed by atoms with E-state index in [0.717, 1.165) is 11.5 Å². The SMILES string of the molecule is CCC1(C(=O)O)CCSCC1N. The van der Waals surface area contributed by atoms with Crippen LogP contribution in [-0.4, -0.2) is 28.6 Å². The summed E-state index contributed by atoms with van der Waals surface area (Å²) >= 11 is 1.75. The first-order chi connectivity index (χ1) is 5.63. The molecule has 1 heterocycles. The summed E-state index contributed by atoms with van der Waals surface area (Å²) in [5.41, 5.74) is 5.18. The molecule has 1 aliphatic rings. The molecule has 0 aromatic carbocycles. The second-order valence-electron chi connectivity index (χ2n) is 3.25. The monoisotopic (exact) mass is 189 g/mol. The molecule has 0 spiro atoms. The average Bonchev–Trinajstić information content (AvgIpc) is 2.05. The van der Waals surface area contributed by atoms with Gasteiger partial charge in [-0.25, -0.2) is 0 Å². The number of hydrogen-bond acceptors (Lipinski definition) is 3. The number of thioether (sulfide) groups is 1. The van der Waals surface area contributed by atoms with E-state index in [1.54, 1.807) is 11.8 Å². The molecule has 3 nitrogen and oxygen atoms in total. The Morgan fingerprint density at radius 3 is 2.83 bits per heavy atom. The van der Waals surface area contributed by atoms with Crippen molar-refractivity contribution in [3.8, 4) is 0 Å². The van der Waals surface area contributed by atoms with Gasteiger partial charge in [0.05, 0.1) is 5.41 Å². The maximum absolute atomic E-state index is 11.0. The number of rotatable bonds is 2. The fourth-order valence-electron chi connectivity index (χ4n) is 1.67. The van der Waals surface area contributed by atoms with E-state index in [0.29, 0.717) is 12.8 Å². The Labute approximate surface area is 76.7 Å². The van der Waals surface area contributed by atoms with E-state index in [1.165, 1.54) is 0 Å². The zero-order valence-corrected chi connectivity index (χ0v) is 8.06. The van der Waals surface area contributed by atoms with Gasteiger partial charge in [0.25, 0.3) is 0 Å². The molecule has 0 aliphatic carbocycles. The fraction of sp³-hybridized carbons (Fsp3) is 0.875. The minimum Gasteiger partial charge on any atom is -0.481 e. The third kappa shape index (κ3) is 1.45. The second-order valence-corrected chi connectivity index (χ2v) is 4.40. The summed E-state index contributed by atoms with van der Waals surface area (Å²) in [7, 11) is 0. The van der Waals surface area contributed by atoms with Crippen LogP contribution in [0.4, 0.5) is 0 Å². The first-order valence-corrected chi connectivity index (χ1v) is 5.35. The van der Waals surface area contributed by atoms with Crippen molar-refractivity contribution < 1.29 is 9.90 Å². The lowest BCUT2D eigenvalue weighted by molar-refractivity contribution is -0.150. The van der Waals surface area contributed by atoms with Gasteiger partial charge in [0.1, 0.15) is 0 Å². The van der Waals surface area contributed by atoms with Crippen LogP contribution in [0.2, 0.25) is 0 Å². The van der Waals surface area contributed by atoms with Crippen LogP contribution in [0.3, 0.4) is 0 Å². The number of hydrogen-bond donors (Lipinski definition) is 2. The summed E-state index contributed by atoms with van der Waals surface area (Å²) in [6, 6.07) is -0.182. The molecule has 0 saturated carbocycles. The number of carboxylic acid groups (broad SMARTS) is 1. The van der Waals surface area contributed by atoms with Gasteiger partial charge in [0.2, 0.25) is 0 Å². The molecule has 70 valence electrons. The van der Waals surface area contributed by atoms with Crippen LogP contribution in [0, 0.1) is 5.41 Å². The Morgan fingerprint density at radius 1 is 1.83 bits per heavy atom. The molecule has 2 atom stereocenters. The summed E-state index contributed by atoms with van der Waals surface area (Å²) in [6.07, 6.45) is 1.36. The van der Waals surface area contributed by atoms with Crippen molar-refractivity contribution in [2.45, 2.75) is 25.8 Å². The van der Waals surface area contributed by atoms with E-state index < -0.39 is 11.4 Å². The zero-order valence-electron chi connectivity index (χ0n) is 7.25. The molecule has 1 fully saturated rings. The predicted octanol–water partition coefficient (Wildman–Crippen LogP) is 0.932. The van der Waals surface area contributed by atoms with Gasteiger partial charge in [0.15, 0.2) is 0 Å². The Morgan fingerprint density at radius 2 is 2.50 bits per heavy atom. The molecule has 1 aliphatic heterocycles. The lowest BCUT2D eigenvalue weighted by atomic mass is 9.76. The van der Waals surface area contributed by atoms with Crippen molar-refractivity contribution in [1.82, 2.24) is 0 Å². The second kappa shape index (κ2) is 3.66. The van der Waals surface area contributed by atoms with Gasteiger partial charge in [0, 0.05) is 11.8 Å². The number of aliphatic carboxylic acids is 1. The molecule has 0 amide bonds. The molecular weight excluding hydrogens is 174 g/mol. The van der Waals surface area contributed by atoms with Gasteiger partial charge in [-0.15, -0.1) is 0 Å². The highest BCUT2D eigenvalue weighted by molar-refractivity contribution is 7.99. The highest BCUT2D eigenvalue weighted by atomic mass is 32.2. The topological polar surface area (TPSA) is 63.3 Å². The first-order valence-electron chi connectivity index (χ1n) is 4.20. The molecule has 0 bridgehead atoms. The Kier molecular flexibility index (Phi) is 3.01. The summed E-state index contributed by atoms with van der Waals surface area (Å²) < 4.78 is 0. The minimum absolute atomic E-state index is 0.182. The summed E-state index contributed by atoms with van der Waals surface area (Å²) in [5.74, 6) is 0.978. The number of carboxylic acids is 1. The van der Waals surface area contributed by atoms with Gasteiger partial charge in [-0.05, 0) is 18.6 Å². The maximum Gasteiger partial charge on any atom is 0.311 e. The van der Waals surface area contributed by atoms with Gasteiger partial charge in [-0.3, -0.25) is 4.79 Å². The van der Waals surface area contributed by atoms with Gasteiger partial charge in [-0.1, -0.05) is 6.92 Å². The Bertz CT molecular complexity index is 186. The summed E-state index contributed by atoms with van der Waals surface area (Å²) in [6.45, 7) is 1.91. The van der Waals surface area contributed by atoms with Crippen molar-refractivity contribution in [1.29, 1.82) is 0 Å². The van der Waals surface area contributed by atoms with Crippen LogP contribution < -0.4 is 5.73 Å². The third-order valence-corrected chi connectivity index (χ3v) is 3.84. The Balaban J connectivity index is 2.81. The van der Waals surface area contributed by atoms with Crippen LogP contribution in [0.25, 0.3) is 0 Å². The van der Waals surface area contributed by atoms with Crippen LogP contribution in [0.1, 0.15) is 19.8 Å². The summed E-state index contributed by atoms with van der Waals surface area (Å²) in [4.78, 5) is 11.0. The van der Waals surface area contributed by atoms with E-state index in [2.05, 4.69) is 0 Å². The lowest BCUT2D eigenvalue weighted by Crippen LogP contribution is -2.51. The van der Waals surface area contributed by atoms with E-state index in [1.807, 2.05) is 6.92 Å². The number of nitrogens with two attached hydrogens (primary N) is 1. The molecular formula is C8H15NO2S. The average molecular weight is 189 g/mol. The summed E-state index contributed by atoms with van der Waals surface area (Å²) in [5, 5.41) is 9.07. The Hall–Kier alpha value is -0.220. The molecule has 12 heavy (non-hydrogen) atoms. The number of carbonyl (C=O) groups is 1. The van der Waals surface area contributed by atoms with Crippen molar-refractivity contribution in [3.05, 3.63) is 0 Å². The van der Waals surface area contributed by atoms with Gasteiger partial charge < -0.3 is 10.8 Å². The molecule has 2 unspecified atom stereocenters. The predicted molar refractivity (Wildman–Crippen MR) is 50.3 cm³/mol. The third-order valence-electron chi connectivity index (χ3n) is 2.76. The quantitative estimate of drug-likeness (QED) is 0.678. The zero-order chi connectivity index (χ0) is 9.19. The van der Waals surface area contributed by atoms with E-state index >= 15 is 0 Å². The molecule has 3 N–H and O–H groups in total. The van der Waals surface area contributed by atoms with Crippen LogP contribution >= 0.6 is 11.8 Å². The van der Waals surface area contributed by atoms with Crippen molar-refractivity contribution >= 4 is 17.7 Å². The smallest absolute Gasteiger partial charge is 0.311 e. The standard InChI is InChI=1S/C8H15NO2S/c1-2-8(7(10)11)3-4-12-5-6(8)9/h6H,2-5,9H2,1H3,(H,10,11). The van der Waals surface area contributed by atoms with Gasteiger partial charge >= 0.3 is 5.97 Å². The van der Waals surface area contributed by atoms with Crippen molar-refractivity contribution in [2.24, 2.45) is 11.1 Å². The first kappa shape index (κ1) is 9.86. The van der Waals surface area contributed by atoms with Crippen LogP contribution in [0.5, 0.6) is 0 Å².